The molecule has 134 valence electrons. The maximum absolute atomic E-state index is 12.4. The van der Waals surface area contributed by atoms with Crippen molar-refractivity contribution < 1.29 is 9.59 Å². The van der Waals surface area contributed by atoms with Gasteiger partial charge in [-0.25, -0.2) is 4.98 Å². The quantitative estimate of drug-likeness (QED) is 0.702. The van der Waals surface area contributed by atoms with Gasteiger partial charge in [0.25, 0.3) is 5.91 Å². The van der Waals surface area contributed by atoms with Crippen LogP contribution in [-0.4, -0.2) is 22.7 Å². The van der Waals surface area contributed by atoms with Gasteiger partial charge in [0.1, 0.15) is 5.01 Å². The van der Waals surface area contributed by atoms with Gasteiger partial charge in [0, 0.05) is 16.5 Å². The number of carbonyl (C=O) groups excluding carboxylic acids is 2. The van der Waals surface area contributed by atoms with E-state index < -0.39 is 6.04 Å². The van der Waals surface area contributed by atoms with Crippen molar-refractivity contribution in [3.8, 4) is 11.3 Å². The number of thiazole rings is 1. The van der Waals surface area contributed by atoms with Crippen molar-refractivity contribution in [3.63, 3.8) is 0 Å². The number of aromatic nitrogens is 1. The highest BCUT2D eigenvalue weighted by Crippen LogP contribution is 2.22. The van der Waals surface area contributed by atoms with Crippen LogP contribution >= 0.6 is 24.8 Å². The van der Waals surface area contributed by atoms with Crippen LogP contribution in [0.3, 0.4) is 0 Å². The SMILES string of the molecule is C[C@H](NC(=O)c1ccccc1)C(=O)Cc1nc(-c2ccccc2)cs1.S. The van der Waals surface area contributed by atoms with Gasteiger partial charge in [-0.1, -0.05) is 48.5 Å². The molecule has 0 aliphatic rings. The molecule has 1 aromatic heterocycles. The molecule has 3 rings (SSSR count). The number of nitrogens with one attached hydrogen (secondary N) is 1. The Bertz CT molecular complexity index is 864. The fourth-order valence-corrected chi connectivity index (χ4v) is 3.20. The molecule has 26 heavy (non-hydrogen) atoms. The number of hydrogen-bond acceptors (Lipinski definition) is 4. The summed E-state index contributed by atoms with van der Waals surface area (Å²) in [4.78, 5) is 29.0. The Morgan fingerprint density at radius 3 is 2.31 bits per heavy atom. The minimum Gasteiger partial charge on any atom is -0.343 e. The fraction of sp³-hybridized carbons (Fsp3) is 0.150. The molecule has 0 fully saturated rings. The Morgan fingerprint density at radius 2 is 1.65 bits per heavy atom. The summed E-state index contributed by atoms with van der Waals surface area (Å²) in [5, 5.41) is 5.45. The minimum absolute atomic E-state index is 0. The van der Waals surface area contributed by atoms with Crippen molar-refractivity contribution in [1.82, 2.24) is 10.3 Å². The molecule has 3 aromatic rings. The van der Waals surface area contributed by atoms with E-state index in [1.54, 1.807) is 31.2 Å². The summed E-state index contributed by atoms with van der Waals surface area (Å²) in [6.07, 6.45) is 0.216. The largest absolute Gasteiger partial charge is 0.343 e. The van der Waals surface area contributed by atoms with E-state index in [9.17, 15) is 9.59 Å². The number of amides is 1. The first-order valence-electron chi connectivity index (χ1n) is 8.02. The number of Topliss-reactive ketones (excluding diaryl/α,β-unsaturated/α-hetero) is 1. The third-order valence-electron chi connectivity index (χ3n) is 3.81. The highest BCUT2D eigenvalue weighted by Gasteiger charge is 2.18. The molecule has 0 saturated carbocycles. The van der Waals surface area contributed by atoms with E-state index in [0.717, 1.165) is 16.3 Å². The number of rotatable bonds is 6. The van der Waals surface area contributed by atoms with Crippen molar-refractivity contribution >= 4 is 36.5 Å². The molecular formula is C20H20N2O2S2. The Hall–Kier alpha value is -2.44. The van der Waals surface area contributed by atoms with Crippen molar-refractivity contribution in [3.05, 3.63) is 76.6 Å². The van der Waals surface area contributed by atoms with Gasteiger partial charge < -0.3 is 5.32 Å². The van der Waals surface area contributed by atoms with Gasteiger partial charge in [0.2, 0.25) is 0 Å². The third kappa shape index (κ3) is 5.03. The molecule has 2 aromatic carbocycles. The highest BCUT2D eigenvalue weighted by molar-refractivity contribution is 7.59. The smallest absolute Gasteiger partial charge is 0.251 e. The van der Waals surface area contributed by atoms with Crippen molar-refractivity contribution in [2.24, 2.45) is 0 Å². The van der Waals surface area contributed by atoms with Gasteiger partial charge in [-0.2, -0.15) is 13.5 Å². The average Bonchev–Trinajstić information content (AvgIpc) is 3.11. The second-order valence-electron chi connectivity index (χ2n) is 5.70. The zero-order chi connectivity index (χ0) is 17.6. The van der Waals surface area contributed by atoms with E-state index in [0.29, 0.717) is 5.56 Å². The molecule has 1 amide bonds. The summed E-state index contributed by atoms with van der Waals surface area (Å²) in [6, 6.07) is 18.2. The monoisotopic (exact) mass is 384 g/mol. The van der Waals surface area contributed by atoms with Crippen LogP contribution in [0.25, 0.3) is 11.3 Å². The maximum Gasteiger partial charge on any atom is 0.251 e. The molecule has 1 atom stereocenters. The fourth-order valence-electron chi connectivity index (χ4n) is 2.39. The van der Waals surface area contributed by atoms with Crippen LogP contribution in [0.15, 0.2) is 66.0 Å². The lowest BCUT2D eigenvalue weighted by Crippen LogP contribution is -2.39. The molecule has 0 saturated heterocycles. The van der Waals surface area contributed by atoms with Crippen LogP contribution in [0.4, 0.5) is 0 Å². The summed E-state index contributed by atoms with van der Waals surface area (Å²) < 4.78 is 0. The number of carbonyl (C=O) groups is 2. The van der Waals surface area contributed by atoms with Gasteiger partial charge in [0.15, 0.2) is 5.78 Å². The van der Waals surface area contributed by atoms with Crippen LogP contribution in [0.5, 0.6) is 0 Å². The molecule has 0 bridgehead atoms. The van der Waals surface area contributed by atoms with Gasteiger partial charge in [-0.3, -0.25) is 9.59 Å². The van der Waals surface area contributed by atoms with Crippen molar-refractivity contribution in [1.29, 1.82) is 0 Å². The number of benzene rings is 2. The number of hydrogen-bond donors (Lipinski definition) is 1. The summed E-state index contributed by atoms with van der Waals surface area (Å²) in [5.74, 6) is -0.302. The standard InChI is InChI=1S/C20H18N2O2S.H2S/c1-14(21-20(24)16-10-6-3-7-11-16)18(23)12-19-22-17(13-25-19)15-8-4-2-5-9-15;/h2-11,13-14H,12H2,1H3,(H,21,24);1H2/t14-;/m0./s1. The van der Waals surface area contributed by atoms with Crippen molar-refractivity contribution in [2.75, 3.05) is 0 Å². The van der Waals surface area contributed by atoms with Gasteiger partial charge >= 0.3 is 0 Å². The first-order valence-corrected chi connectivity index (χ1v) is 8.90. The Balaban J connectivity index is 0.00000243. The molecule has 1 N–H and O–H groups in total. The molecule has 1 heterocycles. The number of nitrogens with zero attached hydrogens (tertiary/aromatic N) is 1. The summed E-state index contributed by atoms with van der Waals surface area (Å²) in [5.41, 5.74) is 2.44. The molecule has 0 aliphatic heterocycles. The lowest BCUT2D eigenvalue weighted by atomic mass is 10.1. The maximum atomic E-state index is 12.4. The Labute approximate surface area is 163 Å². The highest BCUT2D eigenvalue weighted by atomic mass is 32.1. The van der Waals surface area contributed by atoms with E-state index in [-0.39, 0.29) is 31.6 Å². The van der Waals surface area contributed by atoms with Crippen LogP contribution in [-0.2, 0) is 11.2 Å². The third-order valence-corrected chi connectivity index (χ3v) is 4.66. The van der Waals surface area contributed by atoms with Crippen LogP contribution in [0.2, 0.25) is 0 Å². The van der Waals surface area contributed by atoms with Crippen molar-refractivity contribution in [2.45, 2.75) is 19.4 Å². The lowest BCUT2D eigenvalue weighted by molar-refractivity contribution is -0.119. The van der Waals surface area contributed by atoms with Gasteiger partial charge in [-0.15, -0.1) is 11.3 Å². The molecule has 0 radical (unpaired) electrons. The Kier molecular flexibility index (Phi) is 7.12. The second kappa shape index (κ2) is 9.31. The van der Waals surface area contributed by atoms with Gasteiger partial charge in [0.05, 0.1) is 18.2 Å². The first-order chi connectivity index (χ1) is 12.1. The molecule has 4 nitrogen and oxygen atoms in total. The molecule has 6 heteroatoms. The normalized spacial score (nSPS) is 11.3. The van der Waals surface area contributed by atoms with E-state index >= 15 is 0 Å². The predicted molar refractivity (Wildman–Crippen MR) is 110 cm³/mol. The topological polar surface area (TPSA) is 59.1 Å². The summed E-state index contributed by atoms with van der Waals surface area (Å²) >= 11 is 1.46. The van der Waals surface area contributed by atoms with E-state index in [1.165, 1.54) is 11.3 Å². The lowest BCUT2D eigenvalue weighted by Gasteiger charge is -2.12. The van der Waals surface area contributed by atoms with E-state index in [2.05, 4.69) is 10.3 Å². The van der Waals surface area contributed by atoms with E-state index in [4.69, 9.17) is 0 Å². The average molecular weight is 385 g/mol. The minimum atomic E-state index is -0.559. The summed E-state index contributed by atoms with van der Waals surface area (Å²) in [7, 11) is 0. The molecule has 0 unspecified atom stereocenters. The first kappa shape index (κ1) is 19.9. The van der Waals surface area contributed by atoms with E-state index in [1.807, 2.05) is 41.8 Å². The van der Waals surface area contributed by atoms with Crippen LogP contribution in [0, 0.1) is 0 Å². The summed E-state index contributed by atoms with van der Waals surface area (Å²) in [6.45, 7) is 1.70. The molecule has 0 aliphatic carbocycles. The van der Waals surface area contributed by atoms with Crippen LogP contribution in [0.1, 0.15) is 22.3 Å². The zero-order valence-corrected chi connectivity index (χ0v) is 16.1. The second-order valence-corrected chi connectivity index (χ2v) is 6.64. The number of ketones is 1. The molecular weight excluding hydrogens is 364 g/mol. The van der Waals surface area contributed by atoms with Gasteiger partial charge in [-0.05, 0) is 19.1 Å². The zero-order valence-electron chi connectivity index (χ0n) is 14.3. The Morgan fingerprint density at radius 1 is 1.04 bits per heavy atom. The van der Waals surface area contributed by atoms with Crippen LogP contribution < -0.4 is 5.32 Å². The predicted octanol–water partition coefficient (Wildman–Crippen LogP) is 3.85. The molecule has 0 spiro atoms.